The van der Waals surface area contributed by atoms with Crippen LogP contribution in [0.5, 0.6) is 0 Å². The van der Waals surface area contributed by atoms with Gasteiger partial charge in [0.2, 0.25) is 5.91 Å². The van der Waals surface area contributed by atoms with Crippen molar-refractivity contribution < 1.29 is 9.59 Å². The highest BCUT2D eigenvalue weighted by Gasteiger charge is 2.30. The average molecular weight is 286 g/mol. The standard InChI is InChI=1S/C10H12BrN3O2/c1-14-3-2-7(10(14)16)13-9(15)8-4-6(11)5-12-8/h4-5,7,12H,2-3H2,1H3,(H,13,15). The quantitative estimate of drug-likeness (QED) is 0.842. The summed E-state index contributed by atoms with van der Waals surface area (Å²) in [4.78, 5) is 27.7. The van der Waals surface area contributed by atoms with Crippen molar-refractivity contribution in [2.24, 2.45) is 0 Å². The largest absolute Gasteiger partial charge is 0.356 e. The number of halogens is 1. The lowest BCUT2D eigenvalue weighted by molar-refractivity contribution is -0.128. The monoisotopic (exact) mass is 285 g/mol. The van der Waals surface area contributed by atoms with Crippen LogP contribution in [0, 0.1) is 0 Å². The van der Waals surface area contributed by atoms with Crippen LogP contribution in [-0.2, 0) is 4.79 Å². The first-order chi connectivity index (χ1) is 7.58. The average Bonchev–Trinajstić information content (AvgIpc) is 2.79. The maximum atomic E-state index is 11.7. The zero-order valence-electron chi connectivity index (χ0n) is 8.79. The van der Waals surface area contributed by atoms with Crippen LogP contribution in [0.4, 0.5) is 0 Å². The molecule has 0 saturated carbocycles. The molecule has 2 N–H and O–H groups in total. The van der Waals surface area contributed by atoms with E-state index in [2.05, 4.69) is 26.2 Å². The highest BCUT2D eigenvalue weighted by molar-refractivity contribution is 9.10. The summed E-state index contributed by atoms with van der Waals surface area (Å²) in [5.74, 6) is -0.279. The van der Waals surface area contributed by atoms with Crippen molar-refractivity contribution in [1.29, 1.82) is 0 Å². The van der Waals surface area contributed by atoms with Crippen molar-refractivity contribution in [2.45, 2.75) is 12.5 Å². The zero-order chi connectivity index (χ0) is 11.7. The van der Waals surface area contributed by atoms with E-state index in [1.54, 1.807) is 24.2 Å². The molecular formula is C10H12BrN3O2. The molecule has 86 valence electrons. The van der Waals surface area contributed by atoms with Gasteiger partial charge in [-0.15, -0.1) is 0 Å². The van der Waals surface area contributed by atoms with E-state index in [0.717, 1.165) is 4.47 Å². The Morgan fingerprint density at radius 1 is 1.69 bits per heavy atom. The van der Waals surface area contributed by atoms with Gasteiger partial charge in [-0.2, -0.15) is 0 Å². The Morgan fingerprint density at radius 2 is 2.44 bits per heavy atom. The van der Waals surface area contributed by atoms with Gasteiger partial charge in [0.05, 0.1) is 0 Å². The number of aromatic amines is 1. The van der Waals surface area contributed by atoms with Gasteiger partial charge in [-0.25, -0.2) is 0 Å². The van der Waals surface area contributed by atoms with Crippen LogP contribution < -0.4 is 5.32 Å². The third-order valence-electron chi connectivity index (χ3n) is 2.63. The molecule has 0 bridgehead atoms. The van der Waals surface area contributed by atoms with Gasteiger partial charge < -0.3 is 15.2 Å². The first-order valence-corrected chi connectivity index (χ1v) is 5.77. The molecule has 1 unspecified atom stereocenters. The van der Waals surface area contributed by atoms with Crippen molar-refractivity contribution >= 4 is 27.7 Å². The van der Waals surface area contributed by atoms with E-state index >= 15 is 0 Å². The van der Waals surface area contributed by atoms with Crippen LogP contribution in [0.2, 0.25) is 0 Å². The summed E-state index contributed by atoms with van der Waals surface area (Å²) in [6, 6.07) is 1.29. The van der Waals surface area contributed by atoms with Gasteiger partial charge in [-0.05, 0) is 28.4 Å². The normalized spacial score (nSPS) is 20.2. The Kier molecular flexibility index (Phi) is 3.00. The fraction of sp³-hybridized carbons (Fsp3) is 0.400. The molecule has 6 heteroatoms. The summed E-state index contributed by atoms with van der Waals surface area (Å²) < 4.78 is 0.813. The summed E-state index contributed by atoms with van der Waals surface area (Å²) in [6.07, 6.45) is 2.35. The van der Waals surface area contributed by atoms with Crippen LogP contribution in [0.1, 0.15) is 16.9 Å². The minimum atomic E-state index is -0.389. The van der Waals surface area contributed by atoms with Crippen molar-refractivity contribution in [3.8, 4) is 0 Å². The Labute approximate surface area is 101 Å². The van der Waals surface area contributed by atoms with E-state index < -0.39 is 0 Å². The van der Waals surface area contributed by atoms with Crippen molar-refractivity contribution in [1.82, 2.24) is 15.2 Å². The second-order valence-electron chi connectivity index (χ2n) is 3.81. The number of carbonyl (C=O) groups is 2. The van der Waals surface area contributed by atoms with Gasteiger partial charge in [0.15, 0.2) is 0 Å². The fourth-order valence-electron chi connectivity index (χ4n) is 1.69. The van der Waals surface area contributed by atoms with Gasteiger partial charge >= 0.3 is 0 Å². The smallest absolute Gasteiger partial charge is 0.268 e. The maximum absolute atomic E-state index is 11.7. The first-order valence-electron chi connectivity index (χ1n) is 4.97. The molecule has 1 aromatic rings. The Balaban J connectivity index is 2.01. The van der Waals surface area contributed by atoms with Gasteiger partial charge in [0.1, 0.15) is 11.7 Å². The molecule has 2 heterocycles. The Hall–Kier alpha value is -1.30. The van der Waals surface area contributed by atoms with Crippen molar-refractivity contribution in [2.75, 3.05) is 13.6 Å². The van der Waals surface area contributed by atoms with Crippen LogP contribution in [0.25, 0.3) is 0 Å². The molecule has 5 nitrogen and oxygen atoms in total. The van der Waals surface area contributed by atoms with Gasteiger partial charge in [-0.3, -0.25) is 9.59 Å². The molecule has 1 aliphatic rings. The van der Waals surface area contributed by atoms with Crippen molar-refractivity contribution in [3.63, 3.8) is 0 Å². The topological polar surface area (TPSA) is 65.2 Å². The minimum Gasteiger partial charge on any atom is -0.356 e. The van der Waals surface area contributed by atoms with Crippen LogP contribution in [-0.4, -0.2) is 41.3 Å². The summed E-state index contributed by atoms with van der Waals surface area (Å²) in [6.45, 7) is 0.693. The highest BCUT2D eigenvalue weighted by atomic mass is 79.9. The second-order valence-corrected chi connectivity index (χ2v) is 4.72. The number of rotatable bonds is 2. The molecule has 16 heavy (non-hydrogen) atoms. The van der Waals surface area contributed by atoms with E-state index in [9.17, 15) is 9.59 Å². The summed E-state index contributed by atoms with van der Waals surface area (Å²) >= 11 is 3.25. The number of nitrogens with zero attached hydrogens (tertiary/aromatic N) is 1. The lowest BCUT2D eigenvalue weighted by Gasteiger charge is -2.11. The fourth-order valence-corrected chi connectivity index (χ4v) is 2.03. The number of hydrogen-bond donors (Lipinski definition) is 2. The number of hydrogen-bond acceptors (Lipinski definition) is 2. The number of amides is 2. The van der Waals surface area contributed by atoms with E-state index in [1.807, 2.05) is 0 Å². The van der Waals surface area contributed by atoms with Gasteiger partial charge in [0, 0.05) is 24.3 Å². The molecule has 0 aliphatic carbocycles. The molecule has 0 aromatic carbocycles. The summed E-state index contributed by atoms with van der Waals surface area (Å²) in [5, 5.41) is 2.71. The van der Waals surface area contributed by atoms with E-state index in [0.29, 0.717) is 18.7 Å². The van der Waals surface area contributed by atoms with Crippen LogP contribution in [0.3, 0.4) is 0 Å². The third kappa shape index (κ3) is 2.11. The number of nitrogens with one attached hydrogen (secondary N) is 2. The third-order valence-corrected chi connectivity index (χ3v) is 3.08. The van der Waals surface area contributed by atoms with E-state index in [1.165, 1.54) is 0 Å². The van der Waals surface area contributed by atoms with E-state index in [-0.39, 0.29) is 17.9 Å². The lowest BCUT2D eigenvalue weighted by atomic mass is 10.2. The highest BCUT2D eigenvalue weighted by Crippen LogP contribution is 2.12. The SMILES string of the molecule is CN1CCC(NC(=O)c2cc(Br)c[nH]2)C1=O. The van der Waals surface area contributed by atoms with Crippen molar-refractivity contribution in [3.05, 3.63) is 22.4 Å². The molecule has 0 radical (unpaired) electrons. The molecule has 1 saturated heterocycles. The predicted octanol–water partition coefficient (Wildman–Crippen LogP) is 0.738. The minimum absolute atomic E-state index is 0.0287. The number of H-pyrrole nitrogens is 1. The molecule has 0 spiro atoms. The zero-order valence-corrected chi connectivity index (χ0v) is 10.4. The molecule has 1 aliphatic heterocycles. The molecule has 1 atom stereocenters. The van der Waals surface area contributed by atoms with Crippen LogP contribution in [0.15, 0.2) is 16.7 Å². The van der Waals surface area contributed by atoms with Crippen LogP contribution >= 0.6 is 15.9 Å². The number of likely N-dealkylation sites (tertiary alicyclic amines) is 1. The lowest BCUT2D eigenvalue weighted by Crippen LogP contribution is -2.40. The number of aromatic nitrogens is 1. The van der Waals surface area contributed by atoms with E-state index in [4.69, 9.17) is 0 Å². The molecule has 1 fully saturated rings. The predicted molar refractivity (Wildman–Crippen MR) is 62.0 cm³/mol. The molecule has 2 amide bonds. The number of carbonyl (C=O) groups excluding carboxylic acids is 2. The number of likely N-dealkylation sites (N-methyl/N-ethyl adjacent to an activating group) is 1. The summed E-state index contributed by atoms with van der Waals surface area (Å²) in [7, 11) is 1.74. The molecule has 1 aromatic heterocycles. The Bertz CT molecular complexity index is 429. The second kappa shape index (κ2) is 4.29. The maximum Gasteiger partial charge on any atom is 0.268 e. The Morgan fingerprint density at radius 3 is 2.94 bits per heavy atom. The first kappa shape index (κ1) is 11.2. The molecule has 2 rings (SSSR count). The van der Waals surface area contributed by atoms with Gasteiger partial charge in [0.25, 0.3) is 5.91 Å². The van der Waals surface area contributed by atoms with Gasteiger partial charge in [-0.1, -0.05) is 0 Å². The molecular weight excluding hydrogens is 274 g/mol. The summed E-state index contributed by atoms with van der Waals surface area (Å²) in [5.41, 5.74) is 0.453.